The number of halogens is 3. The molecule has 8 nitrogen and oxygen atoms in total. The summed E-state index contributed by atoms with van der Waals surface area (Å²) in [6, 6.07) is 7.61. The van der Waals surface area contributed by atoms with Crippen LogP contribution in [0.15, 0.2) is 34.9 Å². The zero-order valence-corrected chi connectivity index (χ0v) is 23.9. The molecule has 1 unspecified atom stereocenters. The number of sulfonamides is 1. The van der Waals surface area contributed by atoms with Gasteiger partial charge in [0, 0.05) is 48.0 Å². The van der Waals surface area contributed by atoms with E-state index in [4.69, 9.17) is 28.2 Å². The second kappa shape index (κ2) is 9.64. The molecule has 0 saturated carbocycles. The SMILES string of the molecule is CCS(=O)(=O)N1CCC(Nc2c(Br)cnc3[nH]c(-c4cc(C)n(-c5ccc(Cl)c(Cl)c5)c4C)nc23)C1. The van der Waals surface area contributed by atoms with Gasteiger partial charge in [0.2, 0.25) is 10.0 Å². The van der Waals surface area contributed by atoms with E-state index in [0.29, 0.717) is 40.1 Å². The average molecular weight is 612 g/mol. The summed E-state index contributed by atoms with van der Waals surface area (Å²) in [6.45, 7) is 6.66. The summed E-state index contributed by atoms with van der Waals surface area (Å²) >= 11 is 16.0. The molecule has 0 radical (unpaired) electrons. The summed E-state index contributed by atoms with van der Waals surface area (Å²) in [6.07, 6.45) is 2.44. The van der Waals surface area contributed by atoms with Gasteiger partial charge in [0.15, 0.2) is 5.65 Å². The molecule has 36 heavy (non-hydrogen) atoms. The molecule has 190 valence electrons. The van der Waals surface area contributed by atoms with Crippen molar-refractivity contribution in [3.63, 3.8) is 0 Å². The first-order valence-corrected chi connectivity index (χ1v) is 14.7. The van der Waals surface area contributed by atoms with Crippen LogP contribution in [0.4, 0.5) is 5.69 Å². The highest BCUT2D eigenvalue weighted by Gasteiger charge is 2.31. The van der Waals surface area contributed by atoms with Crippen LogP contribution in [0.3, 0.4) is 0 Å². The maximum absolute atomic E-state index is 12.3. The van der Waals surface area contributed by atoms with Crippen LogP contribution in [0.5, 0.6) is 0 Å². The largest absolute Gasteiger partial charge is 0.378 e. The lowest BCUT2D eigenvalue weighted by molar-refractivity contribution is 0.476. The fraction of sp³-hybridized carbons (Fsp3) is 0.333. The molecule has 5 rings (SSSR count). The number of hydrogen-bond acceptors (Lipinski definition) is 5. The van der Waals surface area contributed by atoms with Gasteiger partial charge in [0.05, 0.1) is 26.0 Å². The van der Waals surface area contributed by atoms with Crippen LogP contribution in [-0.2, 0) is 10.0 Å². The van der Waals surface area contributed by atoms with E-state index >= 15 is 0 Å². The Kier molecular flexibility index (Phi) is 6.84. The topological polar surface area (TPSA) is 95.9 Å². The van der Waals surface area contributed by atoms with Crippen molar-refractivity contribution in [1.82, 2.24) is 23.8 Å². The second-order valence-corrected chi connectivity index (χ2v) is 12.8. The molecule has 3 aromatic heterocycles. The van der Waals surface area contributed by atoms with Crippen molar-refractivity contribution in [2.75, 3.05) is 24.2 Å². The van der Waals surface area contributed by atoms with Gasteiger partial charge in [-0.25, -0.2) is 18.4 Å². The van der Waals surface area contributed by atoms with Gasteiger partial charge in [-0.2, -0.15) is 4.31 Å². The zero-order chi connectivity index (χ0) is 25.8. The monoisotopic (exact) mass is 610 g/mol. The Hall–Kier alpha value is -2.11. The number of H-pyrrole nitrogens is 1. The molecular formula is C24H25BrCl2N6O2S. The number of anilines is 1. The van der Waals surface area contributed by atoms with E-state index in [1.165, 1.54) is 0 Å². The lowest BCUT2D eigenvalue weighted by Gasteiger charge is -2.17. The molecule has 1 saturated heterocycles. The number of pyridine rings is 1. The predicted octanol–water partition coefficient (Wildman–Crippen LogP) is 5.94. The molecule has 2 N–H and O–H groups in total. The molecule has 0 bridgehead atoms. The van der Waals surface area contributed by atoms with Crippen LogP contribution >= 0.6 is 39.1 Å². The van der Waals surface area contributed by atoms with Crippen molar-refractivity contribution in [2.24, 2.45) is 0 Å². The number of fused-ring (bicyclic) bond motifs is 1. The number of nitrogens with one attached hydrogen (secondary N) is 2. The first-order valence-electron chi connectivity index (χ1n) is 11.5. The Bertz CT molecular complexity index is 1580. The van der Waals surface area contributed by atoms with Crippen LogP contribution in [0.1, 0.15) is 24.7 Å². The van der Waals surface area contributed by atoms with Crippen molar-refractivity contribution < 1.29 is 8.42 Å². The second-order valence-electron chi connectivity index (χ2n) is 8.87. The molecule has 1 atom stereocenters. The number of nitrogens with zero attached hydrogens (tertiary/aromatic N) is 4. The van der Waals surface area contributed by atoms with Crippen molar-refractivity contribution in [2.45, 2.75) is 33.2 Å². The predicted molar refractivity (Wildman–Crippen MR) is 149 cm³/mol. The summed E-state index contributed by atoms with van der Waals surface area (Å²) in [5.41, 5.74) is 6.01. The zero-order valence-electron chi connectivity index (χ0n) is 19.9. The highest BCUT2D eigenvalue weighted by molar-refractivity contribution is 9.10. The van der Waals surface area contributed by atoms with Gasteiger partial charge in [-0.15, -0.1) is 0 Å². The summed E-state index contributed by atoms with van der Waals surface area (Å²) in [5, 5.41) is 4.51. The van der Waals surface area contributed by atoms with E-state index in [9.17, 15) is 8.42 Å². The number of rotatable bonds is 6. The highest BCUT2D eigenvalue weighted by Crippen LogP contribution is 2.35. The smallest absolute Gasteiger partial charge is 0.213 e. The Morgan fingerprint density at radius 3 is 2.72 bits per heavy atom. The normalized spacial score (nSPS) is 16.8. The molecule has 1 aromatic carbocycles. The van der Waals surface area contributed by atoms with Gasteiger partial charge >= 0.3 is 0 Å². The molecule has 12 heteroatoms. The number of aryl methyl sites for hydroxylation is 1. The maximum Gasteiger partial charge on any atom is 0.213 e. The molecule has 1 fully saturated rings. The Morgan fingerprint density at radius 1 is 1.22 bits per heavy atom. The van der Waals surface area contributed by atoms with E-state index in [1.54, 1.807) is 23.5 Å². The van der Waals surface area contributed by atoms with Crippen LogP contribution in [0.2, 0.25) is 10.0 Å². The summed E-state index contributed by atoms with van der Waals surface area (Å²) in [7, 11) is -3.21. The number of imidazole rings is 1. The first kappa shape index (κ1) is 25.5. The minimum atomic E-state index is -3.21. The average Bonchev–Trinajstić information content (AvgIpc) is 3.55. The molecule has 0 aliphatic carbocycles. The quantitative estimate of drug-likeness (QED) is 0.281. The molecule has 1 aliphatic rings. The minimum absolute atomic E-state index is 0.0203. The van der Waals surface area contributed by atoms with E-state index in [1.807, 2.05) is 26.0 Å². The lowest BCUT2D eigenvalue weighted by atomic mass is 10.2. The van der Waals surface area contributed by atoms with Gasteiger partial charge in [-0.3, -0.25) is 0 Å². The van der Waals surface area contributed by atoms with Crippen molar-refractivity contribution in [1.29, 1.82) is 0 Å². The number of aromatic amines is 1. The van der Waals surface area contributed by atoms with Gasteiger partial charge in [-0.1, -0.05) is 23.2 Å². The number of hydrogen-bond donors (Lipinski definition) is 2. The third kappa shape index (κ3) is 4.54. The third-order valence-electron chi connectivity index (χ3n) is 6.57. The summed E-state index contributed by atoms with van der Waals surface area (Å²) in [5.74, 6) is 0.798. The number of benzene rings is 1. The Balaban J connectivity index is 1.50. The van der Waals surface area contributed by atoms with Crippen molar-refractivity contribution >= 4 is 66.0 Å². The van der Waals surface area contributed by atoms with E-state index < -0.39 is 10.0 Å². The highest BCUT2D eigenvalue weighted by atomic mass is 79.9. The van der Waals surface area contributed by atoms with E-state index in [2.05, 4.69) is 41.8 Å². The van der Waals surface area contributed by atoms with Gasteiger partial charge in [0.25, 0.3) is 0 Å². The van der Waals surface area contributed by atoms with Crippen molar-refractivity contribution in [3.8, 4) is 17.1 Å². The third-order valence-corrected chi connectivity index (χ3v) is 9.76. The Morgan fingerprint density at radius 2 is 2.00 bits per heavy atom. The molecule has 0 spiro atoms. The van der Waals surface area contributed by atoms with Gasteiger partial charge < -0.3 is 14.9 Å². The van der Waals surface area contributed by atoms with E-state index in [0.717, 1.165) is 39.2 Å². The fourth-order valence-electron chi connectivity index (χ4n) is 4.70. The van der Waals surface area contributed by atoms with Crippen molar-refractivity contribution in [3.05, 3.63) is 56.4 Å². The Labute approximate surface area is 228 Å². The minimum Gasteiger partial charge on any atom is -0.378 e. The summed E-state index contributed by atoms with van der Waals surface area (Å²) < 4.78 is 29.0. The first-order chi connectivity index (χ1) is 17.1. The van der Waals surface area contributed by atoms with Gasteiger partial charge in [0.1, 0.15) is 11.3 Å². The standard InChI is InChI=1S/C24H25BrCl2N6O2S/c1-4-36(34,35)32-8-7-15(12-32)29-21-18(25)11-28-24-22(21)30-23(31-24)17-9-13(2)33(14(17)3)16-5-6-19(26)20(27)10-16/h5-6,9-11,15H,4,7-8,12H2,1-3H3,(H2,28,29,30,31). The van der Waals surface area contributed by atoms with Gasteiger partial charge in [-0.05, 0) is 67.4 Å². The fourth-order valence-corrected chi connectivity index (χ4v) is 6.56. The molecular weight excluding hydrogens is 587 g/mol. The summed E-state index contributed by atoms with van der Waals surface area (Å²) in [4.78, 5) is 12.8. The molecule has 0 amide bonds. The lowest BCUT2D eigenvalue weighted by Crippen LogP contribution is -2.32. The number of aromatic nitrogens is 4. The molecule has 1 aliphatic heterocycles. The molecule has 4 heterocycles. The van der Waals surface area contributed by atoms with Crippen LogP contribution in [0, 0.1) is 13.8 Å². The molecule has 4 aromatic rings. The van der Waals surface area contributed by atoms with Crippen LogP contribution in [-0.4, -0.2) is 57.1 Å². The van der Waals surface area contributed by atoms with Crippen LogP contribution in [0.25, 0.3) is 28.2 Å². The van der Waals surface area contributed by atoms with Crippen LogP contribution < -0.4 is 5.32 Å². The maximum atomic E-state index is 12.3. The van der Waals surface area contributed by atoms with E-state index in [-0.39, 0.29) is 11.8 Å².